The second-order valence-electron chi connectivity index (χ2n) is 13.7. The van der Waals surface area contributed by atoms with E-state index in [1.807, 2.05) is 4.90 Å². The number of carbonyl (C=O) groups is 2. The smallest absolute Gasteiger partial charge is 0.222 e. The summed E-state index contributed by atoms with van der Waals surface area (Å²) in [6.07, 6.45) is 9.15. The zero-order valence-electron chi connectivity index (χ0n) is 27.7. The molecule has 2 aliphatic heterocycles. The fraction of sp³-hybridized carbons (Fsp3) is 0.871. The highest BCUT2D eigenvalue weighted by Crippen LogP contribution is 2.25. The van der Waals surface area contributed by atoms with Gasteiger partial charge in [0.25, 0.3) is 0 Å². The molecule has 244 valence electrons. The number of aliphatic imine (C=N–C) groups is 2. The van der Waals surface area contributed by atoms with Crippen molar-refractivity contribution in [1.29, 1.82) is 0 Å². The van der Waals surface area contributed by atoms with Gasteiger partial charge in [-0.15, -0.1) is 0 Å². The highest BCUT2D eigenvalue weighted by atomic mass is 16.2. The number of amides is 1. The highest BCUT2D eigenvalue weighted by Gasteiger charge is 2.30. The number of piperidine rings is 1. The molecule has 2 fully saturated rings. The number of nitrogens with two attached hydrogens (primary N) is 4. The zero-order valence-corrected chi connectivity index (χ0v) is 27.7. The summed E-state index contributed by atoms with van der Waals surface area (Å²) in [4.78, 5) is 39.1. The quantitative estimate of drug-likeness (QED) is 0.143. The number of Topliss-reactive ketones (excluding diaryl/α,β-unsaturated/α-hetero) is 1. The normalized spacial score (nSPS) is 17.2. The molecule has 0 aromatic heterocycles. The van der Waals surface area contributed by atoms with Crippen LogP contribution in [0.5, 0.6) is 0 Å². The Bertz CT molecular complexity index is 767. The van der Waals surface area contributed by atoms with Gasteiger partial charge in [-0.05, 0) is 93.2 Å². The van der Waals surface area contributed by atoms with Crippen LogP contribution in [0.25, 0.3) is 0 Å². The summed E-state index contributed by atoms with van der Waals surface area (Å²) in [5.41, 5.74) is 21.5. The lowest BCUT2D eigenvalue weighted by Gasteiger charge is -2.42. The van der Waals surface area contributed by atoms with Crippen LogP contribution < -0.4 is 22.9 Å². The van der Waals surface area contributed by atoms with E-state index in [2.05, 4.69) is 61.3 Å². The maximum Gasteiger partial charge on any atom is 0.222 e. The van der Waals surface area contributed by atoms with Gasteiger partial charge < -0.3 is 27.8 Å². The fourth-order valence-electron chi connectivity index (χ4n) is 5.43. The Kier molecular flexibility index (Phi) is 17.0. The molecule has 2 saturated heterocycles. The third-order valence-corrected chi connectivity index (χ3v) is 8.20. The number of rotatable bonds is 13. The first-order valence-electron chi connectivity index (χ1n) is 16.0. The van der Waals surface area contributed by atoms with Crippen molar-refractivity contribution in [3.63, 3.8) is 0 Å². The molecule has 0 spiro atoms. The molecule has 11 heteroatoms. The fourth-order valence-corrected chi connectivity index (χ4v) is 5.43. The molecule has 0 atom stereocenters. The molecule has 0 bridgehead atoms. The molecule has 2 aliphatic rings. The van der Waals surface area contributed by atoms with E-state index in [0.29, 0.717) is 31.7 Å². The summed E-state index contributed by atoms with van der Waals surface area (Å²) in [6.45, 7) is 20.5. The van der Waals surface area contributed by atoms with Crippen molar-refractivity contribution in [2.24, 2.45) is 38.8 Å². The van der Waals surface area contributed by atoms with Crippen molar-refractivity contribution in [1.82, 2.24) is 14.7 Å². The maximum atomic E-state index is 12.2. The molecule has 11 nitrogen and oxygen atoms in total. The van der Waals surface area contributed by atoms with Gasteiger partial charge in [-0.3, -0.25) is 29.4 Å². The number of ketones is 1. The summed E-state index contributed by atoms with van der Waals surface area (Å²) in [5, 5.41) is 0. The third-order valence-electron chi connectivity index (χ3n) is 8.20. The number of guanidine groups is 2. The Morgan fingerprint density at radius 2 is 1.05 bits per heavy atom. The molecule has 2 heterocycles. The van der Waals surface area contributed by atoms with E-state index in [9.17, 15) is 9.59 Å². The Labute approximate surface area is 255 Å². The number of unbranched alkanes of at least 4 members (excludes halogenated alkanes) is 4. The van der Waals surface area contributed by atoms with Crippen LogP contribution in [0, 0.1) is 5.92 Å². The van der Waals surface area contributed by atoms with Gasteiger partial charge in [-0.25, -0.2) is 0 Å². The van der Waals surface area contributed by atoms with Crippen molar-refractivity contribution in [3.8, 4) is 0 Å². The molecule has 0 aromatic rings. The van der Waals surface area contributed by atoms with Crippen LogP contribution in [0.1, 0.15) is 106 Å². The lowest BCUT2D eigenvalue weighted by Crippen LogP contribution is -2.54. The Hall–Kier alpha value is -2.40. The number of hydrogen-bond acceptors (Lipinski definition) is 6. The zero-order chi connectivity index (χ0) is 31.8. The topological polar surface area (TPSA) is 173 Å². The van der Waals surface area contributed by atoms with E-state index in [4.69, 9.17) is 22.9 Å². The van der Waals surface area contributed by atoms with E-state index in [0.717, 1.165) is 90.6 Å². The van der Waals surface area contributed by atoms with Gasteiger partial charge in [0.05, 0.1) is 0 Å². The van der Waals surface area contributed by atoms with Gasteiger partial charge in [0, 0.05) is 69.1 Å². The van der Waals surface area contributed by atoms with Crippen LogP contribution >= 0.6 is 0 Å². The van der Waals surface area contributed by atoms with E-state index in [1.54, 1.807) is 0 Å². The molecule has 0 unspecified atom stereocenters. The Balaban J connectivity index is 0.000000420. The first-order valence-corrected chi connectivity index (χ1v) is 16.0. The molecule has 0 radical (unpaired) electrons. The van der Waals surface area contributed by atoms with Gasteiger partial charge >= 0.3 is 0 Å². The minimum atomic E-state index is 0.141. The van der Waals surface area contributed by atoms with E-state index in [1.165, 1.54) is 0 Å². The monoisotopic (exact) mass is 594 g/mol. The minimum Gasteiger partial charge on any atom is -0.370 e. The number of likely N-dealkylation sites (tertiary alicyclic amines) is 1. The summed E-state index contributed by atoms with van der Waals surface area (Å²) in [5.74, 6) is 1.30. The van der Waals surface area contributed by atoms with Crippen LogP contribution in [0.3, 0.4) is 0 Å². The maximum absolute atomic E-state index is 12.2. The average Bonchev–Trinajstić information content (AvgIpc) is 2.91. The molecule has 0 aliphatic carbocycles. The van der Waals surface area contributed by atoms with Crippen LogP contribution in [0.4, 0.5) is 0 Å². The van der Waals surface area contributed by atoms with E-state index >= 15 is 0 Å². The van der Waals surface area contributed by atoms with Crippen molar-refractivity contribution in [2.75, 3.05) is 52.4 Å². The van der Waals surface area contributed by atoms with Crippen LogP contribution in [-0.4, -0.2) is 102 Å². The second-order valence-corrected chi connectivity index (χ2v) is 13.7. The summed E-state index contributed by atoms with van der Waals surface area (Å²) >= 11 is 0. The first-order chi connectivity index (χ1) is 19.6. The number of hydrogen-bond donors (Lipinski definition) is 4. The first kappa shape index (κ1) is 37.6. The van der Waals surface area contributed by atoms with Gasteiger partial charge in [-0.2, -0.15) is 0 Å². The van der Waals surface area contributed by atoms with Crippen molar-refractivity contribution < 1.29 is 9.59 Å². The molecule has 42 heavy (non-hydrogen) atoms. The van der Waals surface area contributed by atoms with Crippen molar-refractivity contribution >= 4 is 23.6 Å². The van der Waals surface area contributed by atoms with Gasteiger partial charge in [0.1, 0.15) is 5.78 Å². The van der Waals surface area contributed by atoms with Gasteiger partial charge in [0.2, 0.25) is 5.91 Å². The summed E-state index contributed by atoms with van der Waals surface area (Å²) < 4.78 is 0. The molecular formula is C31H63N9O2. The number of carbonyl (C=O) groups excluding carboxylic acids is 2. The molecule has 0 saturated carbocycles. The predicted octanol–water partition coefficient (Wildman–Crippen LogP) is 2.66. The lowest BCUT2D eigenvalue weighted by atomic mass is 9.88. The number of piperazine rings is 1. The highest BCUT2D eigenvalue weighted by molar-refractivity contribution is 5.81. The van der Waals surface area contributed by atoms with Crippen LogP contribution in [-0.2, 0) is 9.59 Å². The van der Waals surface area contributed by atoms with Crippen molar-refractivity contribution in [2.45, 2.75) is 117 Å². The molecule has 2 rings (SSSR count). The molecule has 1 amide bonds. The molecule has 0 aromatic carbocycles. The minimum absolute atomic E-state index is 0.141. The van der Waals surface area contributed by atoms with E-state index < -0.39 is 0 Å². The Morgan fingerprint density at radius 3 is 1.48 bits per heavy atom. The van der Waals surface area contributed by atoms with Gasteiger partial charge in [-0.1, -0.05) is 12.8 Å². The molecule has 8 N–H and O–H groups in total. The molecular weight excluding hydrogens is 530 g/mol. The third kappa shape index (κ3) is 16.3. The van der Waals surface area contributed by atoms with E-state index in [-0.39, 0.29) is 34.8 Å². The SMILES string of the molecule is CC(C)(C)N1CCC(C(=O)CCCCCN=C(N)N)CC1.CC(C)(C)N1CCN(C(=O)CCCCCN=C(N)N)CC1. The van der Waals surface area contributed by atoms with Crippen LogP contribution in [0.2, 0.25) is 0 Å². The predicted molar refractivity (Wildman–Crippen MR) is 175 cm³/mol. The van der Waals surface area contributed by atoms with Gasteiger partial charge in [0.15, 0.2) is 11.9 Å². The van der Waals surface area contributed by atoms with Crippen LogP contribution in [0.15, 0.2) is 9.98 Å². The average molecular weight is 594 g/mol. The summed E-state index contributed by atoms with van der Waals surface area (Å²) in [7, 11) is 0. The van der Waals surface area contributed by atoms with Crippen molar-refractivity contribution in [3.05, 3.63) is 0 Å². The Morgan fingerprint density at radius 1 is 0.619 bits per heavy atom. The summed E-state index contributed by atoms with van der Waals surface area (Å²) in [6, 6.07) is 0. The standard InChI is InChI=1S/C16H32N4O.C15H31N5O/c1-16(2,3)20-11-8-13(9-12-20)14(21)7-5-4-6-10-19-15(17)18;1-15(2,3)20-11-9-19(10-12-20)13(21)7-5-4-6-8-18-14(16)17/h13H,4-12H2,1-3H3,(H4,17,18,19);4-12H2,1-3H3,(H4,16,17,18). The number of nitrogens with zero attached hydrogens (tertiary/aromatic N) is 5. The largest absolute Gasteiger partial charge is 0.370 e. The lowest BCUT2D eigenvalue weighted by molar-refractivity contribution is -0.133. The second kappa shape index (κ2) is 19.0.